The predicted molar refractivity (Wildman–Crippen MR) is 89.6 cm³/mol. The molecule has 1 heterocycles. The lowest BCUT2D eigenvalue weighted by molar-refractivity contribution is -0.147. The van der Waals surface area contributed by atoms with Gasteiger partial charge in [-0.2, -0.15) is 0 Å². The van der Waals surface area contributed by atoms with Crippen molar-refractivity contribution in [3.05, 3.63) is 17.9 Å². The summed E-state index contributed by atoms with van der Waals surface area (Å²) in [5.41, 5.74) is 0.999. The molecule has 1 unspecified atom stereocenters. The predicted octanol–water partition coefficient (Wildman–Crippen LogP) is 4.79. The number of furan rings is 1. The molecule has 21 heavy (non-hydrogen) atoms. The van der Waals surface area contributed by atoms with Crippen LogP contribution in [0.4, 0.5) is 0 Å². The molecule has 0 saturated carbocycles. The minimum Gasteiger partial charge on any atom is -0.474 e. The standard InChI is InChI=1S/C17H30O3Si/c1-8-9-10-15(20-13(2)18)14-11-16(19-12-14)21(6,7)17(3,4)5/h11-12,15H,8-10H2,1-7H3. The van der Waals surface area contributed by atoms with Crippen LogP contribution in [0.15, 0.2) is 16.7 Å². The molecule has 0 aliphatic carbocycles. The summed E-state index contributed by atoms with van der Waals surface area (Å²) in [6.07, 6.45) is 4.58. The summed E-state index contributed by atoms with van der Waals surface area (Å²) < 4.78 is 11.3. The van der Waals surface area contributed by atoms with Gasteiger partial charge in [-0.3, -0.25) is 4.79 Å². The number of ether oxygens (including phenoxy) is 1. The number of hydrogen-bond donors (Lipinski definition) is 0. The monoisotopic (exact) mass is 310 g/mol. The Bertz CT molecular complexity index is 469. The summed E-state index contributed by atoms with van der Waals surface area (Å²) >= 11 is 0. The van der Waals surface area contributed by atoms with Crippen molar-refractivity contribution >= 4 is 19.4 Å². The molecule has 0 fully saturated rings. The van der Waals surface area contributed by atoms with Crippen LogP contribution < -0.4 is 5.38 Å². The highest BCUT2D eigenvalue weighted by atomic mass is 28.3. The Balaban J connectivity index is 3.00. The van der Waals surface area contributed by atoms with E-state index in [1.807, 2.05) is 0 Å². The lowest BCUT2D eigenvalue weighted by Gasteiger charge is -2.34. The van der Waals surface area contributed by atoms with E-state index in [2.05, 4.69) is 46.9 Å². The first-order valence-electron chi connectivity index (χ1n) is 7.85. The van der Waals surface area contributed by atoms with E-state index in [1.165, 1.54) is 6.92 Å². The Hall–Kier alpha value is -1.03. The van der Waals surface area contributed by atoms with E-state index >= 15 is 0 Å². The van der Waals surface area contributed by atoms with E-state index in [0.29, 0.717) is 0 Å². The SMILES string of the molecule is CCCCC(OC(C)=O)c1coc([Si](C)(C)C(C)(C)C)c1. The Kier molecular flexibility index (Phi) is 5.85. The van der Waals surface area contributed by atoms with Crippen LogP contribution in [0, 0.1) is 0 Å². The number of esters is 1. The summed E-state index contributed by atoms with van der Waals surface area (Å²) in [7, 11) is -1.68. The van der Waals surface area contributed by atoms with E-state index in [-0.39, 0.29) is 17.1 Å². The van der Waals surface area contributed by atoms with Crippen molar-refractivity contribution in [1.29, 1.82) is 0 Å². The Morgan fingerprint density at radius 2 is 2.00 bits per heavy atom. The van der Waals surface area contributed by atoms with Crippen molar-refractivity contribution in [1.82, 2.24) is 0 Å². The quantitative estimate of drug-likeness (QED) is 0.560. The molecule has 1 aromatic heterocycles. The van der Waals surface area contributed by atoms with E-state index in [4.69, 9.17) is 9.15 Å². The van der Waals surface area contributed by atoms with Crippen molar-refractivity contribution in [2.75, 3.05) is 0 Å². The lowest BCUT2D eigenvalue weighted by atomic mass is 10.1. The van der Waals surface area contributed by atoms with Crippen molar-refractivity contribution < 1.29 is 13.9 Å². The van der Waals surface area contributed by atoms with Crippen molar-refractivity contribution in [3.63, 3.8) is 0 Å². The fourth-order valence-electron chi connectivity index (χ4n) is 2.10. The van der Waals surface area contributed by atoms with Crippen LogP contribution >= 0.6 is 0 Å². The first-order chi connectivity index (χ1) is 9.59. The van der Waals surface area contributed by atoms with Crippen LogP contribution in [-0.2, 0) is 9.53 Å². The zero-order chi connectivity index (χ0) is 16.3. The second-order valence-corrected chi connectivity index (χ2v) is 12.6. The molecule has 4 heteroatoms. The summed E-state index contributed by atoms with van der Waals surface area (Å²) in [4.78, 5) is 11.3. The molecule has 120 valence electrons. The van der Waals surface area contributed by atoms with Gasteiger partial charge in [0.1, 0.15) is 14.2 Å². The highest BCUT2D eigenvalue weighted by Crippen LogP contribution is 2.36. The van der Waals surface area contributed by atoms with Crippen LogP contribution in [0.3, 0.4) is 0 Å². The molecular formula is C17H30O3Si. The third kappa shape index (κ3) is 4.47. The summed E-state index contributed by atoms with van der Waals surface area (Å²) in [5.74, 6) is -0.230. The first kappa shape index (κ1) is 18.0. The molecule has 0 spiro atoms. The topological polar surface area (TPSA) is 39.4 Å². The normalized spacial score (nSPS) is 14.0. The fraction of sp³-hybridized carbons (Fsp3) is 0.706. The third-order valence-corrected chi connectivity index (χ3v) is 9.85. The van der Waals surface area contributed by atoms with Crippen LogP contribution in [0.25, 0.3) is 0 Å². The van der Waals surface area contributed by atoms with Gasteiger partial charge < -0.3 is 9.15 Å². The highest BCUT2D eigenvalue weighted by Gasteiger charge is 2.40. The van der Waals surface area contributed by atoms with E-state index in [9.17, 15) is 4.79 Å². The zero-order valence-corrected chi connectivity index (χ0v) is 15.6. The zero-order valence-electron chi connectivity index (χ0n) is 14.6. The smallest absolute Gasteiger partial charge is 0.303 e. The van der Waals surface area contributed by atoms with Gasteiger partial charge >= 0.3 is 5.97 Å². The van der Waals surface area contributed by atoms with Gasteiger partial charge in [-0.15, -0.1) is 0 Å². The van der Waals surface area contributed by atoms with Gasteiger partial charge in [-0.05, 0) is 23.9 Å². The average molecular weight is 311 g/mol. The number of rotatable bonds is 6. The Morgan fingerprint density at radius 1 is 1.38 bits per heavy atom. The Morgan fingerprint density at radius 3 is 2.48 bits per heavy atom. The van der Waals surface area contributed by atoms with Gasteiger partial charge in [0.2, 0.25) is 0 Å². The molecule has 1 atom stereocenters. The number of hydrogen-bond acceptors (Lipinski definition) is 3. The number of unbranched alkanes of at least 4 members (excludes halogenated alkanes) is 1. The van der Waals surface area contributed by atoms with Crippen LogP contribution in [-0.4, -0.2) is 14.0 Å². The second kappa shape index (κ2) is 6.82. The average Bonchev–Trinajstić information content (AvgIpc) is 2.82. The Labute approximate surface area is 130 Å². The largest absolute Gasteiger partial charge is 0.474 e. The van der Waals surface area contributed by atoms with Crippen LogP contribution in [0.5, 0.6) is 0 Å². The molecule has 0 N–H and O–H groups in total. The fourth-order valence-corrected chi connectivity index (χ4v) is 3.72. The summed E-state index contributed by atoms with van der Waals surface area (Å²) in [6.45, 7) is 15.0. The van der Waals surface area contributed by atoms with Gasteiger partial charge in [0, 0.05) is 12.5 Å². The molecule has 0 radical (unpaired) electrons. The number of carbonyl (C=O) groups is 1. The molecule has 0 aromatic carbocycles. The van der Waals surface area contributed by atoms with Gasteiger partial charge in [-0.1, -0.05) is 47.2 Å². The summed E-state index contributed by atoms with van der Waals surface area (Å²) in [5, 5.41) is 1.31. The maximum absolute atomic E-state index is 11.3. The molecule has 0 aliphatic heterocycles. The van der Waals surface area contributed by atoms with E-state index < -0.39 is 8.07 Å². The molecule has 3 nitrogen and oxygen atoms in total. The minimum absolute atomic E-state index is 0.176. The molecular weight excluding hydrogens is 280 g/mol. The molecule has 0 amide bonds. The summed E-state index contributed by atoms with van der Waals surface area (Å²) in [6, 6.07) is 2.11. The van der Waals surface area contributed by atoms with Crippen LogP contribution in [0.1, 0.15) is 65.5 Å². The number of carbonyl (C=O) groups excluding carboxylic acids is 1. The van der Waals surface area contributed by atoms with Crippen molar-refractivity contribution in [3.8, 4) is 0 Å². The third-order valence-electron chi connectivity index (χ3n) is 4.61. The van der Waals surface area contributed by atoms with Crippen LogP contribution in [0.2, 0.25) is 18.1 Å². The molecule has 0 bridgehead atoms. The van der Waals surface area contributed by atoms with E-state index in [1.54, 1.807) is 6.26 Å². The van der Waals surface area contributed by atoms with Crippen molar-refractivity contribution in [2.45, 2.75) is 78.1 Å². The maximum atomic E-state index is 11.3. The first-order valence-corrected chi connectivity index (χ1v) is 10.9. The van der Waals surface area contributed by atoms with Gasteiger partial charge in [0.25, 0.3) is 0 Å². The highest BCUT2D eigenvalue weighted by molar-refractivity contribution is 6.91. The lowest BCUT2D eigenvalue weighted by Crippen LogP contribution is -2.48. The molecule has 0 aliphatic rings. The second-order valence-electron chi connectivity index (χ2n) is 7.36. The maximum Gasteiger partial charge on any atom is 0.303 e. The van der Waals surface area contributed by atoms with Gasteiger partial charge in [0.15, 0.2) is 0 Å². The van der Waals surface area contributed by atoms with E-state index in [0.717, 1.165) is 30.2 Å². The van der Waals surface area contributed by atoms with Gasteiger partial charge in [-0.25, -0.2) is 0 Å². The van der Waals surface area contributed by atoms with Gasteiger partial charge in [0.05, 0.1) is 11.6 Å². The molecule has 1 rings (SSSR count). The molecule has 1 aromatic rings. The minimum atomic E-state index is -1.68. The molecule has 0 saturated heterocycles. The van der Waals surface area contributed by atoms with Crippen molar-refractivity contribution in [2.24, 2.45) is 0 Å².